The topological polar surface area (TPSA) is 29.9 Å². The Bertz CT molecular complexity index is 510. The van der Waals surface area contributed by atoms with Crippen molar-refractivity contribution in [3.63, 3.8) is 0 Å². The van der Waals surface area contributed by atoms with Gasteiger partial charge in [0.05, 0.1) is 12.7 Å². The molecule has 21 heavy (non-hydrogen) atoms. The third-order valence-electron chi connectivity index (χ3n) is 3.44. The Balaban J connectivity index is 1.82. The lowest BCUT2D eigenvalue weighted by Crippen LogP contribution is -2.21. The van der Waals surface area contributed by atoms with Gasteiger partial charge in [0.25, 0.3) is 0 Å². The van der Waals surface area contributed by atoms with Gasteiger partial charge in [-0.15, -0.1) is 11.8 Å². The van der Waals surface area contributed by atoms with Crippen LogP contribution in [0.5, 0.6) is 0 Å². The molecule has 1 atom stereocenters. The number of aryl methyl sites for hydroxylation is 1. The smallest absolute Gasteiger partial charge is 0.0537 e. The first-order chi connectivity index (χ1) is 10.3. The van der Waals surface area contributed by atoms with Crippen LogP contribution >= 0.6 is 11.8 Å². The van der Waals surface area contributed by atoms with E-state index in [1.54, 1.807) is 0 Å². The Morgan fingerprint density at radius 2 is 2.05 bits per heavy atom. The number of benzene rings is 1. The second-order valence-corrected chi connectivity index (χ2v) is 6.28. The highest BCUT2D eigenvalue weighted by atomic mass is 32.2. The summed E-state index contributed by atoms with van der Waals surface area (Å²) in [6, 6.07) is 11.0. The van der Waals surface area contributed by atoms with Gasteiger partial charge in [0.1, 0.15) is 0 Å². The van der Waals surface area contributed by atoms with E-state index in [2.05, 4.69) is 65.5 Å². The molecular formula is C17H25N3S. The fourth-order valence-electron chi connectivity index (χ4n) is 2.27. The van der Waals surface area contributed by atoms with Crippen molar-refractivity contribution < 1.29 is 0 Å². The Morgan fingerprint density at radius 1 is 1.24 bits per heavy atom. The predicted molar refractivity (Wildman–Crippen MR) is 90.7 cm³/mol. The summed E-state index contributed by atoms with van der Waals surface area (Å²) < 4.78 is 2.06. The summed E-state index contributed by atoms with van der Waals surface area (Å²) in [4.78, 5) is 1.32. The zero-order chi connectivity index (χ0) is 14.9. The van der Waals surface area contributed by atoms with Gasteiger partial charge in [0, 0.05) is 28.5 Å². The number of nitrogens with zero attached hydrogens (tertiary/aromatic N) is 2. The van der Waals surface area contributed by atoms with E-state index in [0.29, 0.717) is 6.04 Å². The predicted octanol–water partition coefficient (Wildman–Crippen LogP) is 4.13. The van der Waals surface area contributed by atoms with Gasteiger partial charge in [-0.3, -0.25) is 4.68 Å². The zero-order valence-corrected chi connectivity index (χ0v) is 13.8. The molecule has 0 aliphatic rings. The van der Waals surface area contributed by atoms with Crippen LogP contribution in [0.1, 0.15) is 38.3 Å². The molecule has 2 aromatic rings. The third-order valence-corrected chi connectivity index (χ3v) is 4.43. The van der Waals surface area contributed by atoms with Crippen molar-refractivity contribution >= 4 is 11.8 Å². The standard InChI is InChI=1S/C17H25N3S/c1-3-10-18-17(4-2)15-13-19-20(14-15)11-12-21-16-8-6-5-7-9-16/h5-9,13-14,17-18H,3-4,10-12H2,1-2H3. The van der Waals surface area contributed by atoms with Crippen molar-refractivity contribution in [1.29, 1.82) is 0 Å². The van der Waals surface area contributed by atoms with Crippen molar-refractivity contribution in [3.05, 3.63) is 48.3 Å². The van der Waals surface area contributed by atoms with Crippen LogP contribution in [0.15, 0.2) is 47.6 Å². The van der Waals surface area contributed by atoms with Crippen LogP contribution in [0.4, 0.5) is 0 Å². The van der Waals surface area contributed by atoms with E-state index in [1.807, 2.05) is 18.0 Å². The molecule has 1 unspecified atom stereocenters. The minimum atomic E-state index is 0.431. The normalized spacial score (nSPS) is 12.5. The highest BCUT2D eigenvalue weighted by Crippen LogP contribution is 2.18. The van der Waals surface area contributed by atoms with Gasteiger partial charge >= 0.3 is 0 Å². The van der Waals surface area contributed by atoms with Crippen LogP contribution in [0, 0.1) is 0 Å². The lowest BCUT2D eigenvalue weighted by Gasteiger charge is -2.14. The summed E-state index contributed by atoms with van der Waals surface area (Å²) in [6.45, 7) is 6.43. The van der Waals surface area contributed by atoms with Gasteiger partial charge in [-0.05, 0) is 31.5 Å². The molecule has 0 radical (unpaired) electrons. The molecule has 3 nitrogen and oxygen atoms in total. The second-order valence-electron chi connectivity index (χ2n) is 5.11. The first-order valence-corrected chi connectivity index (χ1v) is 8.75. The van der Waals surface area contributed by atoms with E-state index in [1.165, 1.54) is 16.9 Å². The van der Waals surface area contributed by atoms with Gasteiger partial charge in [0.15, 0.2) is 0 Å². The van der Waals surface area contributed by atoms with Gasteiger partial charge in [0.2, 0.25) is 0 Å². The largest absolute Gasteiger partial charge is 0.310 e. The average molecular weight is 303 g/mol. The van der Waals surface area contributed by atoms with E-state index in [4.69, 9.17) is 0 Å². The molecule has 0 spiro atoms. The molecule has 4 heteroatoms. The zero-order valence-electron chi connectivity index (χ0n) is 13.0. The minimum Gasteiger partial charge on any atom is -0.310 e. The highest BCUT2D eigenvalue weighted by molar-refractivity contribution is 7.99. The second kappa shape index (κ2) is 8.90. The molecule has 0 saturated carbocycles. The fraction of sp³-hybridized carbons (Fsp3) is 0.471. The average Bonchev–Trinajstić information content (AvgIpc) is 2.98. The molecular weight excluding hydrogens is 278 g/mol. The molecule has 0 amide bonds. The maximum absolute atomic E-state index is 4.49. The molecule has 114 valence electrons. The van der Waals surface area contributed by atoms with E-state index < -0.39 is 0 Å². The SMILES string of the molecule is CCCNC(CC)c1cnn(CCSc2ccccc2)c1. The monoisotopic (exact) mass is 303 g/mol. The van der Waals surface area contributed by atoms with Crippen molar-refractivity contribution in [1.82, 2.24) is 15.1 Å². The van der Waals surface area contributed by atoms with Crippen LogP contribution in [-0.4, -0.2) is 22.1 Å². The van der Waals surface area contributed by atoms with E-state index in [-0.39, 0.29) is 0 Å². The van der Waals surface area contributed by atoms with Crippen molar-refractivity contribution in [2.75, 3.05) is 12.3 Å². The molecule has 1 heterocycles. The summed E-state index contributed by atoms with van der Waals surface area (Å²) in [5.74, 6) is 1.05. The van der Waals surface area contributed by atoms with Crippen LogP contribution in [0.3, 0.4) is 0 Å². The number of thioether (sulfide) groups is 1. The quantitative estimate of drug-likeness (QED) is 0.707. The van der Waals surface area contributed by atoms with Crippen LogP contribution in [0.2, 0.25) is 0 Å². The lowest BCUT2D eigenvalue weighted by molar-refractivity contribution is 0.517. The van der Waals surface area contributed by atoms with E-state index in [9.17, 15) is 0 Å². The number of nitrogens with one attached hydrogen (secondary N) is 1. The van der Waals surface area contributed by atoms with Crippen LogP contribution in [-0.2, 0) is 6.54 Å². The van der Waals surface area contributed by atoms with Crippen molar-refractivity contribution in [2.45, 2.75) is 44.2 Å². The summed E-state index contributed by atoms with van der Waals surface area (Å²) in [6.07, 6.45) is 6.45. The Morgan fingerprint density at radius 3 is 2.76 bits per heavy atom. The molecule has 1 N–H and O–H groups in total. The Labute approximate surface area is 132 Å². The van der Waals surface area contributed by atoms with Gasteiger partial charge in [-0.25, -0.2) is 0 Å². The highest BCUT2D eigenvalue weighted by Gasteiger charge is 2.10. The lowest BCUT2D eigenvalue weighted by atomic mass is 10.1. The number of hydrogen-bond acceptors (Lipinski definition) is 3. The molecule has 0 saturated heterocycles. The molecule has 0 aliphatic heterocycles. The van der Waals surface area contributed by atoms with Crippen LogP contribution in [0.25, 0.3) is 0 Å². The van der Waals surface area contributed by atoms with Crippen molar-refractivity contribution in [3.8, 4) is 0 Å². The maximum atomic E-state index is 4.49. The summed E-state index contributed by atoms with van der Waals surface area (Å²) in [7, 11) is 0. The minimum absolute atomic E-state index is 0.431. The maximum Gasteiger partial charge on any atom is 0.0537 e. The number of rotatable bonds is 9. The third kappa shape index (κ3) is 5.21. The molecule has 0 bridgehead atoms. The molecule has 1 aromatic carbocycles. The van der Waals surface area contributed by atoms with Gasteiger partial charge in [-0.2, -0.15) is 5.10 Å². The summed E-state index contributed by atoms with van der Waals surface area (Å²) in [5, 5.41) is 8.06. The number of hydrogen-bond donors (Lipinski definition) is 1. The summed E-state index contributed by atoms with van der Waals surface area (Å²) >= 11 is 1.88. The fourth-order valence-corrected chi connectivity index (χ4v) is 3.14. The Hall–Kier alpha value is -1.26. The summed E-state index contributed by atoms with van der Waals surface area (Å²) in [5.41, 5.74) is 1.30. The first-order valence-electron chi connectivity index (χ1n) is 7.77. The first kappa shape index (κ1) is 16.1. The molecule has 2 rings (SSSR count). The van der Waals surface area contributed by atoms with Crippen molar-refractivity contribution in [2.24, 2.45) is 0 Å². The molecule has 0 aliphatic carbocycles. The van der Waals surface area contributed by atoms with E-state index >= 15 is 0 Å². The Kier molecular flexibility index (Phi) is 6.83. The van der Waals surface area contributed by atoms with E-state index in [0.717, 1.165) is 25.3 Å². The van der Waals surface area contributed by atoms with Gasteiger partial charge < -0.3 is 5.32 Å². The molecule has 1 aromatic heterocycles. The van der Waals surface area contributed by atoms with Crippen LogP contribution < -0.4 is 5.32 Å². The van der Waals surface area contributed by atoms with Gasteiger partial charge in [-0.1, -0.05) is 32.0 Å². The molecule has 0 fully saturated rings. The number of aromatic nitrogens is 2.